The van der Waals surface area contributed by atoms with Crippen LogP contribution in [0.25, 0.3) is 0 Å². The average Bonchev–Trinajstić information content (AvgIpc) is 2.50. The molecule has 5 nitrogen and oxygen atoms in total. The molecule has 0 aliphatic carbocycles. The Labute approximate surface area is 90.5 Å². The third-order valence-corrected chi connectivity index (χ3v) is 4.03. The maximum Gasteiger partial charge on any atom is 0.246 e. The van der Waals surface area contributed by atoms with E-state index in [1.807, 2.05) is 13.8 Å². The summed E-state index contributed by atoms with van der Waals surface area (Å²) in [5.74, 6) is 0.303. The molecular weight excluding hydrogens is 214 g/mol. The van der Waals surface area contributed by atoms with E-state index >= 15 is 0 Å². The SMILES string of the molecule is Cc1[nH]ncc1S(=O)(=O)N(C)CC(C)C. The monoisotopic (exact) mass is 231 g/mol. The maximum absolute atomic E-state index is 12.0. The number of rotatable bonds is 4. The smallest absolute Gasteiger partial charge is 0.246 e. The van der Waals surface area contributed by atoms with Crippen LogP contribution in [0.5, 0.6) is 0 Å². The molecule has 0 saturated carbocycles. The number of aromatic nitrogens is 2. The predicted octanol–water partition coefficient (Wildman–Crippen LogP) is 0.995. The molecule has 1 aromatic rings. The van der Waals surface area contributed by atoms with E-state index in [2.05, 4.69) is 10.2 Å². The minimum absolute atomic E-state index is 0.255. The molecule has 0 atom stereocenters. The van der Waals surface area contributed by atoms with Crippen molar-refractivity contribution in [3.63, 3.8) is 0 Å². The molecule has 0 aliphatic rings. The van der Waals surface area contributed by atoms with E-state index in [1.165, 1.54) is 10.5 Å². The van der Waals surface area contributed by atoms with Crippen LogP contribution in [0.15, 0.2) is 11.1 Å². The van der Waals surface area contributed by atoms with Crippen LogP contribution < -0.4 is 0 Å². The highest BCUT2D eigenvalue weighted by molar-refractivity contribution is 7.89. The summed E-state index contributed by atoms with van der Waals surface area (Å²) in [7, 11) is -1.80. The quantitative estimate of drug-likeness (QED) is 0.840. The van der Waals surface area contributed by atoms with Crippen LogP contribution in [0, 0.1) is 12.8 Å². The van der Waals surface area contributed by atoms with Gasteiger partial charge in [-0.15, -0.1) is 0 Å². The highest BCUT2D eigenvalue weighted by Gasteiger charge is 2.24. The first-order valence-corrected chi connectivity index (χ1v) is 6.26. The first-order chi connectivity index (χ1) is 6.85. The van der Waals surface area contributed by atoms with Crippen LogP contribution in [0.2, 0.25) is 0 Å². The number of nitrogens with one attached hydrogen (secondary N) is 1. The van der Waals surface area contributed by atoms with Crippen LogP contribution in [-0.2, 0) is 10.0 Å². The fraction of sp³-hybridized carbons (Fsp3) is 0.667. The minimum Gasteiger partial charge on any atom is -0.281 e. The van der Waals surface area contributed by atoms with Crippen LogP contribution in [0.3, 0.4) is 0 Å². The number of aromatic amines is 1. The molecule has 0 radical (unpaired) electrons. The second-order valence-electron chi connectivity index (χ2n) is 4.04. The normalized spacial score (nSPS) is 12.7. The molecule has 1 N–H and O–H groups in total. The zero-order chi connectivity index (χ0) is 11.6. The standard InChI is InChI=1S/C9H17N3O2S/c1-7(2)6-12(4)15(13,14)9-5-10-11-8(9)3/h5,7H,6H2,1-4H3,(H,10,11). The van der Waals surface area contributed by atoms with Gasteiger partial charge in [-0.25, -0.2) is 12.7 Å². The van der Waals surface area contributed by atoms with E-state index in [4.69, 9.17) is 0 Å². The van der Waals surface area contributed by atoms with Gasteiger partial charge in [0.1, 0.15) is 4.90 Å². The lowest BCUT2D eigenvalue weighted by Crippen LogP contribution is -2.30. The van der Waals surface area contributed by atoms with Gasteiger partial charge in [0.2, 0.25) is 10.0 Å². The number of hydrogen-bond acceptors (Lipinski definition) is 3. The molecule has 0 amide bonds. The zero-order valence-electron chi connectivity index (χ0n) is 9.48. The van der Waals surface area contributed by atoms with Gasteiger partial charge in [0.05, 0.1) is 11.9 Å². The van der Waals surface area contributed by atoms with Gasteiger partial charge in [-0.2, -0.15) is 5.10 Å². The summed E-state index contributed by atoms with van der Waals surface area (Å²) >= 11 is 0. The molecule has 0 saturated heterocycles. The van der Waals surface area contributed by atoms with Gasteiger partial charge in [0, 0.05) is 13.6 Å². The van der Waals surface area contributed by atoms with Gasteiger partial charge in [0.25, 0.3) is 0 Å². The van der Waals surface area contributed by atoms with Crippen LogP contribution in [0.4, 0.5) is 0 Å². The summed E-state index contributed by atoms with van der Waals surface area (Å²) in [5, 5.41) is 6.35. The Morgan fingerprint density at radius 1 is 1.53 bits per heavy atom. The molecule has 0 bridgehead atoms. The van der Waals surface area contributed by atoms with Crippen LogP contribution in [0.1, 0.15) is 19.5 Å². The third-order valence-electron chi connectivity index (χ3n) is 2.09. The second kappa shape index (κ2) is 4.32. The lowest BCUT2D eigenvalue weighted by molar-refractivity contribution is 0.417. The van der Waals surface area contributed by atoms with Crippen molar-refractivity contribution >= 4 is 10.0 Å². The third kappa shape index (κ3) is 2.57. The van der Waals surface area contributed by atoms with Crippen LogP contribution >= 0.6 is 0 Å². The molecule has 6 heteroatoms. The van der Waals surface area contributed by atoms with Crippen molar-refractivity contribution < 1.29 is 8.42 Å². The summed E-state index contributed by atoms with van der Waals surface area (Å²) in [6, 6.07) is 0. The fourth-order valence-corrected chi connectivity index (χ4v) is 2.83. The van der Waals surface area contributed by atoms with Crippen molar-refractivity contribution in [3.8, 4) is 0 Å². The lowest BCUT2D eigenvalue weighted by Gasteiger charge is -2.18. The molecule has 0 spiro atoms. The Hall–Kier alpha value is -0.880. The number of sulfonamides is 1. The van der Waals surface area contributed by atoms with Gasteiger partial charge < -0.3 is 0 Å². The Morgan fingerprint density at radius 3 is 2.53 bits per heavy atom. The highest BCUT2D eigenvalue weighted by Crippen LogP contribution is 2.16. The van der Waals surface area contributed by atoms with Crippen molar-refractivity contribution in [2.75, 3.05) is 13.6 Å². The van der Waals surface area contributed by atoms with Crippen molar-refractivity contribution in [2.45, 2.75) is 25.7 Å². The van der Waals surface area contributed by atoms with Crippen molar-refractivity contribution in [1.29, 1.82) is 0 Å². The Bertz CT molecular complexity index is 422. The molecule has 86 valence electrons. The van der Waals surface area contributed by atoms with E-state index in [9.17, 15) is 8.42 Å². The molecule has 0 aromatic carbocycles. The van der Waals surface area contributed by atoms with Gasteiger partial charge in [0.15, 0.2) is 0 Å². The first-order valence-electron chi connectivity index (χ1n) is 4.82. The molecular formula is C9H17N3O2S. The van der Waals surface area contributed by atoms with E-state index in [-0.39, 0.29) is 4.90 Å². The van der Waals surface area contributed by atoms with Gasteiger partial charge >= 0.3 is 0 Å². The Balaban J connectivity index is 2.99. The predicted molar refractivity (Wildman–Crippen MR) is 58.0 cm³/mol. The summed E-state index contributed by atoms with van der Waals surface area (Å²) in [4.78, 5) is 0.255. The lowest BCUT2D eigenvalue weighted by atomic mass is 10.2. The first kappa shape index (κ1) is 12.2. The summed E-state index contributed by atoms with van der Waals surface area (Å²) < 4.78 is 25.4. The number of aryl methyl sites for hydroxylation is 1. The Morgan fingerprint density at radius 2 is 2.13 bits per heavy atom. The summed E-state index contributed by atoms with van der Waals surface area (Å²) in [6.07, 6.45) is 1.35. The Kier molecular flexibility index (Phi) is 3.51. The molecule has 1 heterocycles. The average molecular weight is 231 g/mol. The number of hydrogen-bond donors (Lipinski definition) is 1. The van der Waals surface area contributed by atoms with Crippen LogP contribution in [-0.4, -0.2) is 36.5 Å². The molecule has 1 rings (SSSR count). The topological polar surface area (TPSA) is 66.1 Å². The zero-order valence-corrected chi connectivity index (χ0v) is 10.3. The molecule has 0 unspecified atom stereocenters. The molecule has 0 fully saturated rings. The van der Waals surface area contributed by atoms with E-state index in [0.29, 0.717) is 18.2 Å². The summed E-state index contributed by atoms with van der Waals surface area (Å²) in [6.45, 7) is 6.17. The van der Waals surface area contributed by atoms with E-state index in [0.717, 1.165) is 0 Å². The van der Waals surface area contributed by atoms with Crippen molar-refractivity contribution in [2.24, 2.45) is 5.92 Å². The minimum atomic E-state index is -3.38. The van der Waals surface area contributed by atoms with E-state index < -0.39 is 10.0 Å². The van der Waals surface area contributed by atoms with Crippen molar-refractivity contribution in [3.05, 3.63) is 11.9 Å². The second-order valence-corrected chi connectivity index (χ2v) is 6.05. The number of nitrogens with zero attached hydrogens (tertiary/aromatic N) is 2. The largest absolute Gasteiger partial charge is 0.281 e. The van der Waals surface area contributed by atoms with Gasteiger partial charge in [-0.3, -0.25) is 5.10 Å². The van der Waals surface area contributed by atoms with Gasteiger partial charge in [-0.05, 0) is 12.8 Å². The molecule has 1 aromatic heterocycles. The summed E-state index contributed by atoms with van der Waals surface area (Å²) in [5.41, 5.74) is 0.575. The highest BCUT2D eigenvalue weighted by atomic mass is 32.2. The molecule has 0 aliphatic heterocycles. The van der Waals surface area contributed by atoms with E-state index in [1.54, 1.807) is 14.0 Å². The maximum atomic E-state index is 12.0. The molecule has 15 heavy (non-hydrogen) atoms. The van der Waals surface area contributed by atoms with Crippen molar-refractivity contribution in [1.82, 2.24) is 14.5 Å². The van der Waals surface area contributed by atoms with Gasteiger partial charge in [-0.1, -0.05) is 13.8 Å². The number of H-pyrrole nitrogens is 1. The fourth-order valence-electron chi connectivity index (χ4n) is 1.38.